The van der Waals surface area contributed by atoms with E-state index in [9.17, 15) is 9.90 Å². The molecule has 2 heterocycles. The quantitative estimate of drug-likeness (QED) is 0.671. The Balaban J connectivity index is 2.05. The summed E-state index contributed by atoms with van der Waals surface area (Å²) in [5.74, 6) is 0.615. The van der Waals surface area contributed by atoms with Crippen LogP contribution in [0.25, 0.3) is 10.9 Å². The summed E-state index contributed by atoms with van der Waals surface area (Å²) in [6.45, 7) is 1.85. The summed E-state index contributed by atoms with van der Waals surface area (Å²) in [6, 6.07) is 6.47. The number of benzene rings is 1. The third-order valence-corrected chi connectivity index (χ3v) is 3.05. The maximum Gasteiger partial charge on any atom is 0.256 e. The van der Waals surface area contributed by atoms with Gasteiger partial charge in [-0.05, 0) is 19.1 Å². The number of hydrogen-bond donors (Lipinski definition) is 3. The summed E-state index contributed by atoms with van der Waals surface area (Å²) < 4.78 is 5.18. The predicted molar refractivity (Wildman–Crippen MR) is 80.6 cm³/mol. The van der Waals surface area contributed by atoms with Crippen molar-refractivity contribution in [2.75, 3.05) is 12.4 Å². The van der Waals surface area contributed by atoms with Crippen molar-refractivity contribution in [1.29, 1.82) is 0 Å². The number of methoxy groups -OCH3 is 1. The molecule has 3 N–H and O–H groups in total. The molecule has 0 saturated carbocycles. The maximum atomic E-state index is 11.3. The Hall–Kier alpha value is -3.16. The number of aromatic amines is 1. The van der Waals surface area contributed by atoms with E-state index >= 15 is 0 Å². The van der Waals surface area contributed by atoms with Crippen molar-refractivity contribution < 1.29 is 9.84 Å². The molecule has 0 aliphatic rings. The number of ether oxygens (including phenoxy) is 1. The van der Waals surface area contributed by atoms with Crippen molar-refractivity contribution in [3.8, 4) is 11.6 Å². The average molecular weight is 299 g/mol. The number of anilines is 2. The Kier molecular flexibility index (Phi) is 3.34. The fourth-order valence-electron chi connectivity index (χ4n) is 2.06. The zero-order valence-electron chi connectivity index (χ0n) is 11.9. The van der Waals surface area contributed by atoms with E-state index in [4.69, 9.17) is 4.74 Å². The number of fused-ring (bicyclic) bond motifs is 1. The Morgan fingerprint density at radius 3 is 2.77 bits per heavy atom. The second-order valence-electron chi connectivity index (χ2n) is 4.59. The van der Waals surface area contributed by atoms with Crippen molar-refractivity contribution in [3.05, 3.63) is 40.3 Å². The minimum absolute atomic E-state index is 0.0617. The minimum atomic E-state index is -0.478. The number of aryl methyl sites for hydroxylation is 1. The van der Waals surface area contributed by atoms with E-state index in [0.717, 1.165) is 17.1 Å². The first-order valence-electron chi connectivity index (χ1n) is 6.45. The lowest BCUT2D eigenvalue weighted by atomic mass is 10.2. The number of H-pyrrole nitrogens is 1. The normalized spacial score (nSPS) is 10.6. The van der Waals surface area contributed by atoms with E-state index < -0.39 is 5.56 Å². The van der Waals surface area contributed by atoms with Crippen LogP contribution in [-0.4, -0.2) is 32.2 Å². The highest BCUT2D eigenvalue weighted by Gasteiger charge is 2.08. The topological polar surface area (TPSA) is 113 Å². The molecular weight excluding hydrogens is 286 g/mol. The van der Waals surface area contributed by atoms with Crippen LogP contribution < -0.4 is 15.6 Å². The Labute approximate surface area is 124 Å². The first-order chi connectivity index (χ1) is 10.5. The monoisotopic (exact) mass is 299 g/mol. The molecule has 22 heavy (non-hydrogen) atoms. The molecule has 112 valence electrons. The molecule has 0 unspecified atom stereocenters. The van der Waals surface area contributed by atoms with Crippen LogP contribution in [0.4, 0.5) is 11.9 Å². The van der Waals surface area contributed by atoms with Crippen LogP contribution in [0.5, 0.6) is 11.6 Å². The van der Waals surface area contributed by atoms with Gasteiger partial charge >= 0.3 is 0 Å². The van der Waals surface area contributed by atoms with Crippen LogP contribution in [0, 0.1) is 6.92 Å². The van der Waals surface area contributed by atoms with E-state index in [1.165, 1.54) is 0 Å². The zero-order chi connectivity index (χ0) is 15.7. The van der Waals surface area contributed by atoms with Gasteiger partial charge in [0.05, 0.1) is 24.4 Å². The lowest BCUT2D eigenvalue weighted by Gasteiger charge is -2.08. The van der Waals surface area contributed by atoms with Crippen molar-refractivity contribution in [2.45, 2.75) is 6.92 Å². The third-order valence-electron chi connectivity index (χ3n) is 3.05. The van der Waals surface area contributed by atoms with Gasteiger partial charge in [0.25, 0.3) is 5.56 Å². The van der Waals surface area contributed by atoms with Crippen molar-refractivity contribution in [3.63, 3.8) is 0 Å². The Morgan fingerprint density at radius 1 is 1.23 bits per heavy atom. The third kappa shape index (κ3) is 2.66. The fraction of sp³-hybridized carbons (Fsp3) is 0.143. The van der Waals surface area contributed by atoms with Gasteiger partial charge in [0.2, 0.25) is 17.8 Å². The number of hydrogen-bond acceptors (Lipinski definition) is 7. The fourth-order valence-corrected chi connectivity index (χ4v) is 2.06. The first kappa shape index (κ1) is 13.8. The SMILES string of the molecule is COc1ccc2c(C)nc(Nc3nc(O)cc(=O)[nH]3)nc2c1. The number of aromatic hydroxyl groups is 1. The molecule has 0 saturated heterocycles. The number of nitrogens with zero attached hydrogens (tertiary/aromatic N) is 3. The van der Waals surface area contributed by atoms with E-state index in [-0.39, 0.29) is 17.8 Å². The van der Waals surface area contributed by atoms with Crippen LogP contribution in [0.15, 0.2) is 29.1 Å². The molecule has 0 fully saturated rings. The molecule has 8 heteroatoms. The van der Waals surface area contributed by atoms with Gasteiger partial charge < -0.3 is 9.84 Å². The van der Waals surface area contributed by atoms with Gasteiger partial charge in [0.15, 0.2) is 0 Å². The highest BCUT2D eigenvalue weighted by Crippen LogP contribution is 2.23. The summed E-state index contributed by atoms with van der Waals surface area (Å²) in [5, 5.41) is 13.0. The predicted octanol–water partition coefficient (Wildman–Crippen LogP) is 1.48. The molecule has 0 spiro atoms. The zero-order valence-corrected chi connectivity index (χ0v) is 11.9. The largest absolute Gasteiger partial charge is 0.497 e. The molecule has 0 bridgehead atoms. The average Bonchev–Trinajstić information content (AvgIpc) is 2.45. The van der Waals surface area contributed by atoms with Crippen LogP contribution in [-0.2, 0) is 0 Å². The van der Waals surface area contributed by atoms with Crippen molar-refractivity contribution >= 4 is 22.8 Å². The van der Waals surface area contributed by atoms with Crippen LogP contribution in [0.3, 0.4) is 0 Å². The minimum Gasteiger partial charge on any atom is -0.497 e. The standard InChI is InChI=1S/C14H13N5O3/c1-7-9-4-3-8(22-2)5-10(9)16-13(15-7)19-14-17-11(20)6-12(21)18-14/h3-6H,1-2H3,(H3,15,16,17,18,19,20,21). The van der Waals surface area contributed by atoms with Crippen LogP contribution in [0.2, 0.25) is 0 Å². The molecule has 0 radical (unpaired) electrons. The van der Waals surface area contributed by atoms with Gasteiger partial charge in [-0.1, -0.05) is 0 Å². The smallest absolute Gasteiger partial charge is 0.256 e. The molecule has 1 aromatic carbocycles. The summed E-state index contributed by atoms with van der Waals surface area (Å²) in [7, 11) is 1.58. The molecule has 0 aliphatic heterocycles. The Bertz CT molecular complexity index is 907. The van der Waals surface area contributed by atoms with Crippen molar-refractivity contribution in [2.24, 2.45) is 0 Å². The lowest BCUT2D eigenvalue weighted by Crippen LogP contribution is -2.10. The molecule has 0 amide bonds. The molecule has 3 aromatic rings. The van der Waals surface area contributed by atoms with Crippen molar-refractivity contribution in [1.82, 2.24) is 19.9 Å². The summed E-state index contributed by atoms with van der Waals surface area (Å²) in [4.78, 5) is 26.2. The van der Waals surface area contributed by atoms with E-state index in [1.54, 1.807) is 13.2 Å². The van der Waals surface area contributed by atoms with E-state index in [1.807, 2.05) is 19.1 Å². The van der Waals surface area contributed by atoms with Gasteiger partial charge in [-0.3, -0.25) is 15.1 Å². The van der Waals surface area contributed by atoms with Crippen LogP contribution in [0.1, 0.15) is 5.69 Å². The highest BCUT2D eigenvalue weighted by molar-refractivity contribution is 5.83. The van der Waals surface area contributed by atoms with Gasteiger partial charge in [-0.2, -0.15) is 4.98 Å². The molecule has 2 aromatic heterocycles. The summed E-state index contributed by atoms with van der Waals surface area (Å²) in [5.41, 5.74) is 0.976. The summed E-state index contributed by atoms with van der Waals surface area (Å²) >= 11 is 0. The number of rotatable bonds is 3. The van der Waals surface area contributed by atoms with E-state index in [2.05, 4.69) is 25.3 Å². The summed E-state index contributed by atoms with van der Waals surface area (Å²) in [6.07, 6.45) is 0. The van der Waals surface area contributed by atoms with Crippen LogP contribution >= 0.6 is 0 Å². The van der Waals surface area contributed by atoms with Gasteiger partial charge in [-0.15, -0.1) is 0 Å². The second-order valence-corrected chi connectivity index (χ2v) is 4.59. The van der Waals surface area contributed by atoms with Gasteiger partial charge in [-0.25, -0.2) is 9.97 Å². The van der Waals surface area contributed by atoms with E-state index in [0.29, 0.717) is 11.3 Å². The van der Waals surface area contributed by atoms with Gasteiger partial charge in [0, 0.05) is 11.5 Å². The molecule has 0 aliphatic carbocycles. The number of nitrogens with one attached hydrogen (secondary N) is 2. The molecule has 3 rings (SSSR count). The second kappa shape index (κ2) is 5.32. The maximum absolute atomic E-state index is 11.3. The Morgan fingerprint density at radius 2 is 2.05 bits per heavy atom. The number of aromatic nitrogens is 4. The molecule has 0 atom stereocenters. The van der Waals surface area contributed by atoms with Gasteiger partial charge in [0.1, 0.15) is 5.75 Å². The first-order valence-corrected chi connectivity index (χ1v) is 6.45. The lowest BCUT2D eigenvalue weighted by molar-refractivity contribution is 0.415. The molecular formula is C14H13N5O3. The highest BCUT2D eigenvalue weighted by atomic mass is 16.5. The molecule has 8 nitrogen and oxygen atoms in total.